The number of benzene rings is 1. The van der Waals surface area contributed by atoms with E-state index in [0.717, 1.165) is 11.3 Å². The molecule has 0 fully saturated rings. The zero-order valence-electron chi connectivity index (χ0n) is 9.74. The van der Waals surface area contributed by atoms with Crippen LogP contribution < -0.4 is 5.32 Å². The Bertz CT molecular complexity index is 611. The van der Waals surface area contributed by atoms with Crippen LogP contribution in [0.4, 0.5) is 5.69 Å². The number of aromatic nitrogens is 1. The van der Waals surface area contributed by atoms with Crippen LogP contribution in [0.5, 0.6) is 0 Å². The first-order valence-electron chi connectivity index (χ1n) is 5.34. The van der Waals surface area contributed by atoms with Gasteiger partial charge in [0.25, 0.3) is 0 Å². The van der Waals surface area contributed by atoms with Crippen molar-refractivity contribution in [1.29, 1.82) is 5.26 Å². The van der Waals surface area contributed by atoms with Crippen LogP contribution in [0.2, 0.25) is 10.0 Å². The Morgan fingerprint density at radius 2 is 2.06 bits per heavy atom. The van der Waals surface area contributed by atoms with E-state index in [2.05, 4.69) is 11.4 Å². The van der Waals surface area contributed by atoms with Crippen molar-refractivity contribution in [2.75, 3.05) is 5.32 Å². The van der Waals surface area contributed by atoms with Crippen molar-refractivity contribution < 1.29 is 0 Å². The first-order chi connectivity index (χ1) is 8.60. The highest BCUT2D eigenvalue weighted by Gasteiger charge is 2.03. The average molecular weight is 280 g/mol. The molecule has 18 heavy (non-hydrogen) atoms. The summed E-state index contributed by atoms with van der Waals surface area (Å²) in [5.41, 5.74) is 2.58. The van der Waals surface area contributed by atoms with E-state index in [0.29, 0.717) is 22.3 Å². The molecule has 0 spiro atoms. The summed E-state index contributed by atoms with van der Waals surface area (Å²) in [7, 11) is 1.85. The van der Waals surface area contributed by atoms with Gasteiger partial charge >= 0.3 is 0 Å². The van der Waals surface area contributed by atoms with Crippen LogP contribution >= 0.6 is 23.2 Å². The SMILES string of the molecule is Cn1cc(CNc2ccc(Cl)c(Cl)c2)cc1C#N. The number of hydrogen-bond donors (Lipinski definition) is 1. The van der Waals surface area contributed by atoms with Crippen molar-refractivity contribution >= 4 is 28.9 Å². The van der Waals surface area contributed by atoms with Crippen LogP contribution in [-0.4, -0.2) is 4.57 Å². The number of anilines is 1. The van der Waals surface area contributed by atoms with Gasteiger partial charge in [-0.3, -0.25) is 0 Å². The Hall–Kier alpha value is -1.63. The third-order valence-corrected chi connectivity index (χ3v) is 3.33. The summed E-state index contributed by atoms with van der Waals surface area (Å²) < 4.78 is 1.80. The van der Waals surface area contributed by atoms with Gasteiger partial charge in [0.2, 0.25) is 0 Å². The molecule has 0 aliphatic carbocycles. The van der Waals surface area contributed by atoms with Crippen molar-refractivity contribution in [2.45, 2.75) is 6.54 Å². The Morgan fingerprint density at radius 1 is 1.28 bits per heavy atom. The van der Waals surface area contributed by atoms with Gasteiger partial charge in [-0.1, -0.05) is 23.2 Å². The molecule has 3 nitrogen and oxygen atoms in total. The maximum absolute atomic E-state index is 8.86. The highest BCUT2D eigenvalue weighted by atomic mass is 35.5. The summed E-state index contributed by atoms with van der Waals surface area (Å²) in [5, 5.41) is 13.1. The van der Waals surface area contributed by atoms with E-state index in [1.54, 1.807) is 16.7 Å². The molecule has 0 amide bonds. The molecule has 0 bridgehead atoms. The molecule has 0 aliphatic heterocycles. The van der Waals surface area contributed by atoms with Gasteiger partial charge in [-0.05, 0) is 29.8 Å². The first kappa shape index (κ1) is 12.8. The van der Waals surface area contributed by atoms with E-state index in [-0.39, 0.29) is 0 Å². The standard InChI is InChI=1S/C13H11Cl2N3/c1-18-8-9(4-11(18)6-16)7-17-10-2-3-12(14)13(15)5-10/h2-5,8,17H,7H2,1H3. The van der Waals surface area contributed by atoms with Crippen LogP contribution in [-0.2, 0) is 13.6 Å². The number of rotatable bonds is 3. The summed E-state index contributed by atoms with van der Waals surface area (Å²) in [6.45, 7) is 0.632. The molecule has 0 saturated heterocycles. The monoisotopic (exact) mass is 279 g/mol. The summed E-state index contributed by atoms with van der Waals surface area (Å²) >= 11 is 11.8. The number of nitriles is 1. The van der Waals surface area contributed by atoms with Gasteiger partial charge in [-0.25, -0.2) is 0 Å². The zero-order valence-corrected chi connectivity index (χ0v) is 11.3. The lowest BCUT2D eigenvalue weighted by atomic mass is 10.3. The van der Waals surface area contributed by atoms with Crippen molar-refractivity contribution in [3.63, 3.8) is 0 Å². The number of aryl methyl sites for hydroxylation is 1. The third-order valence-electron chi connectivity index (χ3n) is 2.59. The zero-order chi connectivity index (χ0) is 13.1. The van der Waals surface area contributed by atoms with E-state index in [9.17, 15) is 0 Å². The lowest BCUT2D eigenvalue weighted by Gasteiger charge is -2.06. The van der Waals surface area contributed by atoms with Crippen LogP contribution in [0.25, 0.3) is 0 Å². The van der Waals surface area contributed by atoms with Gasteiger partial charge in [0, 0.05) is 25.5 Å². The Labute approximate surface area is 116 Å². The lowest BCUT2D eigenvalue weighted by Crippen LogP contribution is -1.98. The molecule has 1 aromatic carbocycles. The number of nitrogens with zero attached hydrogens (tertiary/aromatic N) is 2. The van der Waals surface area contributed by atoms with Crippen molar-refractivity contribution in [1.82, 2.24) is 4.57 Å². The molecule has 5 heteroatoms. The molecule has 2 aromatic rings. The Morgan fingerprint density at radius 3 is 2.67 bits per heavy atom. The van der Waals surface area contributed by atoms with Crippen LogP contribution in [0.3, 0.4) is 0 Å². The van der Waals surface area contributed by atoms with Crippen molar-refractivity contribution in [2.24, 2.45) is 7.05 Å². The molecule has 2 rings (SSSR count). The maximum Gasteiger partial charge on any atom is 0.120 e. The molecular weight excluding hydrogens is 269 g/mol. The molecule has 1 N–H and O–H groups in total. The molecule has 0 saturated carbocycles. The number of hydrogen-bond acceptors (Lipinski definition) is 2. The highest BCUT2D eigenvalue weighted by Crippen LogP contribution is 2.25. The minimum absolute atomic E-state index is 0.521. The van der Waals surface area contributed by atoms with E-state index < -0.39 is 0 Å². The Kier molecular flexibility index (Phi) is 3.81. The second kappa shape index (κ2) is 5.34. The van der Waals surface area contributed by atoms with Crippen LogP contribution in [0.15, 0.2) is 30.5 Å². The van der Waals surface area contributed by atoms with Gasteiger partial charge in [0.05, 0.1) is 10.0 Å². The lowest BCUT2D eigenvalue weighted by molar-refractivity contribution is 0.902. The highest BCUT2D eigenvalue weighted by molar-refractivity contribution is 6.42. The largest absolute Gasteiger partial charge is 0.381 e. The molecule has 0 atom stereocenters. The van der Waals surface area contributed by atoms with E-state index in [1.165, 1.54) is 0 Å². The van der Waals surface area contributed by atoms with Gasteiger partial charge in [-0.2, -0.15) is 5.26 Å². The van der Waals surface area contributed by atoms with Gasteiger partial charge in [0.15, 0.2) is 0 Å². The maximum atomic E-state index is 8.86. The Balaban J connectivity index is 2.07. The quantitative estimate of drug-likeness (QED) is 0.928. The minimum atomic E-state index is 0.521. The molecule has 92 valence electrons. The predicted octanol–water partition coefficient (Wildman–Crippen LogP) is 3.82. The first-order valence-corrected chi connectivity index (χ1v) is 6.10. The van der Waals surface area contributed by atoms with Crippen LogP contribution in [0.1, 0.15) is 11.3 Å². The minimum Gasteiger partial charge on any atom is -0.381 e. The molecule has 0 unspecified atom stereocenters. The van der Waals surface area contributed by atoms with E-state index in [4.69, 9.17) is 28.5 Å². The summed E-state index contributed by atoms with van der Waals surface area (Å²) in [4.78, 5) is 0. The average Bonchev–Trinajstić information content (AvgIpc) is 2.71. The summed E-state index contributed by atoms with van der Waals surface area (Å²) in [6.07, 6.45) is 1.92. The third kappa shape index (κ3) is 2.79. The molecule has 0 aliphatic rings. The molecule has 0 radical (unpaired) electrons. The smallest absolute Gasteiger partial charge is 0.120 e. The second-order valence-electron chi connectivity index (χ2n) is 3.94. The van der Waals surface area contributed by atoms with Gasteiger partial charge in [-0.15, -0.1) is 0 Å². The van der Waals surface area contributed by atoms with Crippen LogP contribution in [0, 0.1) is 11.3 Å². The molecule has 1 heterocycles. The fraction of sp³-hybridized carbons (Fsp3) is 0.154. The van der Waals surface area contributed by atoms with Gasteiger partial charge in [0.1, 0.15) is 11.8 Å². The van der Waals surface area contributed by atoms with Crippen molar-refractivity contribution in [3.05, 3.63) is 51.8 Å². The predicted molar refractivity (Wildman–Crippen MR) is 73.9 cm³/mol. The summed E-state index contributed by atoms with van der Waals surface area (Å²) in [5.74, 6) is 0. The molecule has 1 aromatic heterocycles. The van der Waals surface area contributed by atoms with Gasteiger partial charge < -0.3 is 9.88 Å². The second-order valence-corrected chi connectivity index (χ2v) is 4.75. The summed E-state index contributed by atoms with van der Waals surface area (Å²) in [6, 6.07) is 9.37. The fourth-order valence-electron chi connectivity index (χ4n) is 1.65. The van der Waals surface area contributed by atoms with E-state index >= 15 is 0 Å². The van der Waals surface area contributed by atoms with Crippen molar-refractivity contribution in [3.8, 4) is 6.07 Å². The van der Waals surface area contributed by atoms with E-state index in [1.807, 2.05) is 25.4 Å². The number of halogens is 2. The fourth-order valence-corrected chi connectivity index (χ4v) is 1.95. The topological polar surface area (TPSA) is 40.8 Å². The normalized spacial score (nSPS) is 10.1. The molecular formula is C13H11Cl2N3. The number of nitrogens with one attached hydrogen (secondary N) is 1.